The van der Waals surface area contributed by atoms with Gasteiger partial charge in [0.05, 0.1) is 12.5 Å². The van der Waals surface area contributed by atoms with Gasteiger partial charge in [-0.1, -0.05) is 0 Å². The lowest BCUT2D eigenvalue weighted by Gasteiger charge is -2.30. The number of nitrogens with one attached hydrogen (secondary N) is 1. The fourth-order valence-electron chi connectivity index (χ4n) is 2.36. The molecule has 0 bridgehead atoms. The molecule has 0 amide bonds. The van der Waals surface area contributed by atoms with Gasteiger partial charge in [-0.25, -0.2) is 0 Å². The molecule has 2 heterocycles. The quantitative estimate of drug-likeness (QED) is 0.852. The van der Waals surface area contributed by atoms with Gasteiger partial charge in [0.1, 0.15) is 0 Å². The number of furan rings is 1. The van der Waals surface area contributed by atoms with Crippen molar-refractivity contribution >= 4 is 0 Å². The van der Waals surface area contributed by atoms with Crippen LogP contribution in [-0.2, 0) is 4.74 Å². The minimum Gasteiger partial charge on any atom is -0.472 e. The molecule has 1 aliphatic rings. The van der Waals surface area contributed by atoms with Crippen molar-refractivity contribution in [3.63, 3.8) is 0 Å². The fourth-order valence-corrected chi connectivity index (χ4v) is 2.36. The first-order valence-electron chi connectivity index (χ1n) is 6.13. The largest absolute Gasteiger partial charge is 0.472 e. The molecule has 1 fully saturated rings. The Balaban J connectivity index is 1.84. The maximum atomic E-state index is 5.38. The van der Waals surface area contributed by atoms with Crippen molar-refractivity contribution in [1.29, 1.82) is 0 Å². The van der Waals surface area contributed by atoms with E-state index in [1.54, 1.807) is 6.26 Å². The van der Waals surface area contributed by atoms with Crippen molar-refractivity contribution < 1.29 is 9.15 Å². The van der Waals surface area contributed by atoms with Crippen LogP contribution in [-0.4, -0.2) is 19.3 Å². The molecule has 0 saturated carbocycles. The average Bonchev–Trinajstić information content (AvgIpc) is 2.83. The number of hydrogen-bond acceptors (Lipinski definition) is 3. The van der Waals surface area contributed by atoms with Crippen LogP contribution in [0.1, 0.15) is 38.3 Å². The van der Waals surface area contributed by atoms with Crippen molar-refractivity contribution in [2.45, 2.75) is 38.8 Å². The lowest BCUT2D eigenvalue weighted by Crippen LogP contribution is -2.38. The summed E-state index contributed by atoms with van der Waals surface area (Å²) in [5, 5.41) is 3.64. The van der Waals surface area contributed by atoms with Gasteiger partial charge in [0.15, 0.2) is 0 Å². The van der Waals surface area contributed by atoms with Crippen LogP contribution in [0, 0.1) is 5.92 Å². The zero-order chi connectivity index (χ0) is 11.4. The standard InChI is InChI=1S/C13H21NO2/c1-10(12-3-6-15-7-4-12)14-11(2)13-5-8-16-9-13/h5,8-12,14H,3-4,6-7H2,1-2H3. The molecule has 1 saturated heterocycles. The van der Waals surface area contributed by atoms with Crippen molar-refractivity contribution in [3.8, 4) is 0 Å². The maximum Gasteiger partial charge on any atom is 0.0950 e. The van der Waals surface area contributed by atoms with E-state index in [0.29, 0.717) is 12.1 Å². The van der Waals surface area contributed by atoms with Gasteiger partial charge in [0.2, 0.25) is 0 Å². The average molecular weight is 223 g/mol. The molecule has 3 heteroatoms. The molecule has 0 aliphatic carbocycles. The zero-order valence-electron chi connectivity index (χ0n) is 10.1. The molecular formula is C13H21NO2. The summed E-state index contributed by atoms with van der Waals surface area (Å²) in [5.41, 5.74) is 1.22. The van der Waals surface area contributed by atoms with E-state index in [1.165, 1.54) is 18.4 Å². The summed E-state index contributed by atoms with van der Waals surface area (Å²) in [7, 11) is 0. The van der Waals surface area contributed by atoms with Gasteiger partial charge in [0.25, 0.3) is 0 Å². The van der Waals surface area contributed by atoms with E-state index in [4.69, 9.17) is 9.15 Å². The second-order valence-corrected chi connectivity index (χ2v) is 4.68. The van der Waals surface area contributed by atoms with Gasteiger partial charge in [-0.2, -0.15) is 0 Å². The van der Waals surface area contributed by atoms with Crippen LogP contribution in [0.2, 0.25) is 0 Å². The van der Waals surface area contributed by atoms with E-state index >= 15 is 0 Å². The first-order valence-corrected chi connectivity index (χ1v) is 6.13. The molecule has 0 radical (unpaired) electrons. The van der Waals surface area contributed by atoms with Crippen LogP contribution in [0.4, 0.5) is 0 Å². The molecule has 0 spiro atoms. The summed E-state index contributed by atoms with van der Waals surface area (Å²) in [4.78, 5) is 0. The number of rotatable bonds is 4. The van der Waals surface area contributed by atoms with Crippen LogP contribution >= 0.6 is 0 Å². The van der Waals surface area contributed by atoms with Gasteiger partial charge in [-0.05, 0) is 38.7 Å². The third-order valence-electron chi connectivity index (χ3n) is 3.53. The van der Waals surface area contributed by atoms with Crippen LogP contribution in [0.15, 0.2) is 23.0 Å². The SMILES string of the molecule is CC(NC(C)C1CCOCC1)c1ccoc1. The van der Waals surface area contributed by atoms with E-state index < -0.39 is 0 Å². The van der Waals surface area contributed by atoms with Gasteiger partial charge < -0.3 is 14.5 Å². The van der Waals surface area contributed by atoms with Gasteiger partial charge in [-0.3, -0.25) is 0 Å². The summed E-state index contributed by atoms with van der Waals surface area (Å²) in [6, 6.07) is 2.92. The zero-order valence-corrected chi connectivity index (χ0v) is 10.1. The number of hydrogen-bond donors (Lipinski definition) is 1. The predicted octanol–water partition coefficient (Wildman–Crippen LogP) is 2.75. The molecule has 0 aromatic carbocycles. The van der Waals surface area contributed by atoms with Crippen LogP contribution in [0.3, 0.4) is 0 Å². The minimum absolute atomic E-state index is 0.358. The van der Waals surface area contributed by atoms with Gasteiger partial charge >= 0.3 is 0 Å². The Bertz CT molecular complexity index is 291. The third kappa shape index (κ3) is 2.86. The molecule has 1 N–H and O–H groups in total. The molecule has 90 valence electrons. The Morgan fingerprint density at radius 2 is 2.06 bits per heavy atom. The highest BCUT2D eigenvalue weighted by Gasteiger charge is 2.21. The second kappa shape index (κ2) is 5.51. The minimum atomic E-state index is 0.358. The third-order valence-corrected chi connectivity index (χ3v) is 3.53. The van der Waals surface area contributed by atoms with Gasteiger partial charge in [-0.15, -0.1) is 0 Å². The Hall–Kier alpha value is -0.800. The van der Waals surface area contributed by atoms with Crippen molar-refractivity contribution in [2.75, 3.05) is 13.2 Å². The van der Waals surface area contributed by atoms with E-state index in [0.717, 1.165) is 19.1 Å². The molecule has 1 aromatic heterocycles. The highest BCUT2D eigenvalue weighted by atomic mass is 16.5. The number of ether oxygens (including phenoxy) is 1. The molecule has 3 nitrogen and oxygen atoms in total. The molecule has 1 aliphatic heterocycles. The molecule has 1 aromatic rings. The highest BCUT2D eigenvalue weighted by Crippen LogP contribution is 2.21. The maximum absolute atomic E-state index is 5.38. The van der Waals surface area contributed by atoms with Crippen LogP contribution in [0.25, 0.3) is 0 Å². The summed E-state index contributed by atoms with van der Waals surface area (Å²) in [6.45, 7) is 6.28. The van der Waals surface area contributed by atoms with E-state index in [9.17, 15) is 0 Å². The topological polar surface area (TPSA) is 34.4 Å². The Morgan fingerprint density at radius 3 is 2.69 bits per heavy atom. The van der Waals surface area contributed by atoms with E-state index in [-0.39, 0.29) is 0 Å². The second-order valence-electron chi connectivity index (χ2n) is 4.68. The predicted molar refractivity (Wildman–Crippen MR) is 63.3 cm³/mol. The fraction of sp³-hybridized carbons (Fsp3) is 0.692. The Kier molecular flexibility index (Phi) is 4.02. The normalized spacial score (nSPS) is 21.9. The van der Waals surface area contributed by atoms with E-state index in [2.05, 4.69) is 19.2 Å². The smallest absolute Gasteiger partial charge is 0.0950 e. The van der Waals surface area contributed by atoms with Crippen LogP contribution in [0.5, 0.6) is 0 Å². The Morgan fingerprint density at radius 1 is 1.31 bits per heavy atom. The molecular weight excluding hydrogens is 202 g/mol. The monoisotopic (exact) mass is 223 g/mol. The highest BCUT2D eigenvalue weighted by molar-refractivity contribution is 5.10. The summed E-state index contributed by atoms with van der Waals surface area (Å²) >= 11 is 0. The first kappa shape index (κ1) is 11.7. The van der Waals surface area contributed by atoms with Crippen LogP contribution < -0.4 is 5.32 Å². The van der Waals surface area contributed by atoms with Crippen molar-refractivity contribution in [1.82, 2.24) is 5.32 Å². The summed E-state index contributed by atoms with van der Waals surface area (Å²) in [6.07, 6.45) is 5.89. The molecule has 16 heavy (non-hydrogen) atoms. The molecule has 2 atom stereocenters. The van der Waals surface area contributed by atoms with Crippen molar-refractivity contribution in [2.24, 2.45) is 5.92 Å². The molecule has 2 unspecified atom stereocenters. The summed E-state index contributed by atoms with van der Waals surface area (Å²) in [5.74, 6) is 0.739. The van der Waals surface area contributed by atoms with Crippen molar-refractivity contribution in [3.05, 3.63) is 24.2 Å². The van der Waals surface area contributed by atoms with E-state index in [1.807, 2.05) is 12.3 Å². The first-order chi connectivity index (χ1) is 7.77. The lowest BCUT2D eigenvalue weighted by molar-refractivity contribution is 0.0547. The summed E-state index contributed by atoms with van der Waals surface area (Å²) < 4.78 is 10.5. The van der Waals surface area contributed by atoms with Gasteiger partial charge in [0, 0.05) is 30.9 Å². The Labute approximate surface area is 97.2 Å². The lowest BCUT2D eigenvalue weighted by atomic mass is 9.92. The molecule has 2 rings (SSSR count).